The van der Waals surface area contributed by atoms with Crippen molar-refractivity contribution in [2.75, 3.05) is 12.3 Å². The van der Waals surface area contributed by atoms with Crippen LogP contribution in [0, 0.1) is 15.9 Å². The highest BCUT2D eigenvalue weighted by Gasteiger charge is 2.19. The predicted molar refractivity (Wildman–Crippen MR) is 70.9 cm³/mol. The number of amides is 1. The van der Waals surface area contributed by atoms with Gasteiger partial charge < -0.3 is 5.32 Å². The van der Waals surface area contributed by atoms with E-state index in [1.807, 2.05) is 0 Å². The van der Waals surface area contributed by atoms with Gasteiger partial charge in [-0.3, -0.25) is 14.9 Å². The normalized spacial score (nSPS) is 18.3. The minimum Gasteiger partial charge on any atom is -0.351 e. The Bertz CT molecular complexity index is 504. The van der Waals surface area contributed by atoms with Crippen molar-refractivity contribution in [2.45, 2.75) is 18.1 Å². The Morgan fingerprint density at radius 3 is 2.95 bits per heavy atom. The lowest BCUT2D eigenvalue weighted by molar-refractivity contribution is -0.385. The summed E-state index contributed by atoms with van der Waals surface area (Å²) in [6.45, 7) is 0.500. The number of hydrogen-bond acceptors (Lipinski definition) is 4. The molecule has 1 aromatic rings. The van der Waals surface area contributed by atoms with Gasteiger partial charge in [0.15, 0.2) is 0 Å². The first-order chi connectivity index (χ1) is 9.08. The summed E-state index contributed by atoms with van der Waals surface area (Å²) in [5, 5.41) is 13.5. The molecule has 0 saturated carbocycles. The number of carbonyl (C=O) groups is 1. The Labute approximate surface area is 113 Å². The van der Waals surface area contributed by atoms with Gasteiger partial charge in [0.05, 0.1) is 16.6 Å². The number of benzene rings is 1. The first-order valence-electron chi connectivity index (χ1n) is 5.91. The molecule has 1 atom stereocenters. The van der Waals surface area contributed by atoms with Crippen molar-refractivity contribution in [1.29, 1.82) is 0 Å². The van der Waals surface area contributed by atoms with Crippen LogP contribution in [-0.4, -0.2) is 28.4 Å². The number of hydrogen-bond donors (Lipinski definition) is 1. The summed E-state index contributed by atoms with van der Waals surface area (Å²) >= 11 is 1.79. The second-order valence-corrected chi connectivity index (χ2v) is 5.67. The van der Waals surface area contributed by atoms with Crippen LogP contribution in [0.25, 0.3) is 0 Å². The van der Waals surface area contributed by atoms with Gasteiger partial charge in [-0.15, -0.1) is 0 Å². The van der Waals surface area contributed by atoms with Crippen molar-refractivity contribution in [3.63, 3.8) is 0 Å². The van der Waals surface area contributed by atoms with Crippen LogP contribution in [0.4, 0.5) is 10.1 Å². The highest BCUT2D eigenvalue weighted by Crippen LogP contribution is 2.25. The Morgan fingerprint density at radius 2 is 2.37 bits per heavy atom. The van der Waals surface area contributed by atoms with E-state index in [4.69, 9.17) is 0 Å². The number of nitrogens with one attached hydrogen (secondary N) is 1. The summed E-state index contributed by atoms with van der Waals surface area (Å²) in [6, 6.07) is 3.03. The molecule has 1 saturated heterocycles. The van der Waals surface area contributed by atoms with Crippen LogP contribution >= 0.6 is 11.8 Å². The van der Waals surface area contributed by atoms with Crippen LogP contribution in [0.3, 0.4) is 0 Å². The zero-order valence-electron chi connectivity index (χ0n) is 10.1. The Hall–Kier alpha value is -1.63. The van der Waals surface area contributed by atoms with Gasteiger partial charge in [0, 0.05) is 17.9 Å². The quantitative estimate of drug-likeness (QED) is 0.680. The third-order valence-electron chi connectivity index (χ3n) is 2.92. The maximum atomic E-state index is 13.6. The maximum absolute atomic E-state index is 13.6. The molecule has 1 fully saturated rings. The van der Waals surface area contributed by atoms with Crippen molar-refractivity contribution >= 4 is 23.4 Å². The molecule has 2 rings (SSSR count). The molecule has 5 nitrogen and oxygen atoms in total. The van der Waals surface area contributed by atoms with Gasteiger partial charge in [0.25, 0.3) is 11.6 Å². The Balaban J connectivity index is 2.00. The Morgan fingerprint density at radius 1 is 1.58 bits per heavy atom. The average molecular weight is 284 g/mol. The summed E-state index contributed by atoms with van der Waals surface area (Å²) < 4.78 is 13.6. The van der Waals surface area contributed by atoms with Gasteiger partial charge >= 0.3 is 0 Å². The lowest BCUT2D eigenvalue weighted by Gasteiger charge is -2.10. The molecular formula is C12H13FN2O3S. The van der Waals surface area contributed by atoms with Gasteiger partial charge in [0.2, 0.25) is 0 Å². The fourth-order valence-corrected chi connectivity index (χ4v) is 3.11. The van der Waals surface area contributed by atoms with Gasteiger partial charge in [-0.05, 0) is 24.7 Å². The topological polar surface area (TPSA) is 72.2 Å². The van der Waals surface area contributed by atoms with Crippen LogP contribution in [0.15, 0.2) is 18.2 Å². The molecule has 1 amide bonds. The monoisotopic (exact) mass is 284 g/mol. The summed E-state index contributed by atoms with van der Waals surface area (Å²) in [4.78, 5) is 21.5. The van der Waals surface area contributed by atoms with Crippen LogP contribution in [0.2, 0.25) is 0 Å². The first kappa shape index (κ1) is 13.8. The fraction of sp³-hybridized carbons (Fsp3) is 0.417. The number of nitrogens with zero attached hydrogens (tertiary/aromatic N) is 1. The number of halogens is 1. The number of carbonyl (C=O) groups excluding carboxylic acids is 1. The van der Waals surface area contributed by atoms with Crippen LogP contribution in [0.5, 0.6) is 0 Å². The van der Waals surface area contributed by atoms with Crippen LogP contribution in [0.1, 0.15) is 23.2 Å². The van der Waals surface area contributed by atoms with E-state index in [0.717, 1.165) is 36.8 Å². The molecule has 102 valence electrons. The van der Waals surface area contributed by atoms with Gasteiger partial charge in [-0.25, -0.2) is 4.39 Å². The van der Waals surface area contributed by atoms with E-state index in [2.05, 4.69) is 5.32 Å². The molecule has 0 spiro atoms. The summed E-state index contributed by atoms with van der Waals surface area (Å²) in [5.74, 6) is -0.308. The lowest BCUT2D eigenvalue weighted by atomic mass is 10.1. The standard InChI is InChI=1S/C12H13FN2O3S/c13-11-6-8(15(17)18)3-4-10(11)12(16)14-7-9-2-1-5-19-9/h3-4,6,9H,1-2,5,7H2,(H,14,16)/t9-/m0/s1. The third kappa shape index (κ3) is 3.44. The highest BCUT2D eigenvalue weighted by molar-refractivity contribution is 8.00. The van der Waals surface area contributed by atoms with Gasteiger partial charge in [-0.1, -0.05) is 0 Å². The second-order valence-electron chi connectivity index (χ2n) is 4.27. The number of nitro benzene ring substituents is 1. The van der Waals surface area contributed by atoms with E-state index in [-0.39, 0.29) is 11.3 Å². The molecule has 0 unspecified atom stereocenters. The summed E-state index contributed by atoms with van der Waals surface area (Å²) in [7, 11) is 0. The van der Waals surface area contributed by atoms with E-state index < -0.39 is 16.6 Å². The number of nitro groups is 1. The summed E-state index contributed by atoms with van der Waals surface area (Å²) in [5.41, 5.74) is -0.519. The molecular weight excluding hydrogens is 271 g/mol. The SMILES string of the molecule is O=C(NC[C@@H]1CCCS1)c1ccc([N+](=O)[O-])cc1F. The minimum absolute atomic E-state index is 0.159. The van der Waals surface area contributed by atoms with Crippen molar-refractivity contribution in [3.8, 4) is 0 Å². The van der Waals surface area contributed by atoms with E-state index in [1.165, 1.54) is 0 Å². The molecule has 1 N–H and O–H groups in total. The number of thioether (sulfide) groups is 1. The van der Waals surface area contributed by atoms with E-state index in [0.29, 0.717) is 11.8 Å². The largest absolute Gasteiger partial charge is 0.351 e. The Kier molecular flexibility index (Phi) is 4.36. The van der Waals surface area contributed by atoms with Gasteiger partial charge in [-0.2, -0.15) is 11.8 Å². The summed E-state index contributed by atoms with van der Waals surface area (Å²) in [6.07, 6.45) is 2.19. The lowest BCUT2D eigenvalue weighted by Crippen LogP contribution is -2.30. The van der Waals surface area contributed by atoms with Crippen molar-refractivity contribution < 1.29 is 14.1 Å². The molecule has 0 aliphatic carbocycles. The van der Waals surface area contributed by atoms with Crippen molar-refractivity contribution in [1.82, 2.24) is 5.32 Å². The zero-order chi connectivity index (χ0) is 13.8. The van der Waals surface area contributed by atoms with E-state index in [1.54, 1.807) is 11.8 Å². The predicted octanol–water partition coefficient (Wildman–Crippen LogP) is 2.36. The molecule has 0 radical (unpaired) electrons. The zero-order valence-corrected chi connectivity index (χ0v) is 10.9. The molecule has 1 aliphatic heterocycles. The first-order valence-corrected chi connectivity index (χ1v) is 6.96. The van der Waals surface area contributed by atoms with Crippen molar-refractivity contribution in [2.24, 2.45) is 0 Å². The molecule has 19 heavy (non-hydrogen) atoms. The molecule has 7 heteroatoms. The fourth-order valence-electron chi connectivity index (χ4n) is 1.91. The van der Waals surface area contributed by atoms with E-state index in [9.17, 15) is 19.3 Å². The highest BCUT2D eigenvalue weighted by atomic mass is 32.2. The number of rotatable bonds is 4. The maximum Gasteiger partial charge on any atom is 0.272 e. The van der Waals surface area contributed by atoms with Crippen molar-refractivity contribution in [3.05, 3.63) is 39.7 Å². The molecule has 0 aromatic heterocycles. The van der Waals surface area contributed by atoms with Crippen LogP contribution < -0.4 is 5.32 Å². The third-order valence-corrected chi connectivity index (χ3v) is 4.32. The second kappa shape index (κ2) is 6.01. The van der Waals surface area contributed by atoms with E-state index >= 15 is 0 Å². The van der Waals surface area contributed by atoms with Crippen LogP contribution in [-0.2, 0) is 0 Å². The molecule has 1 aromatic carbocycles. The molecule has 0 bridgehead atoms. The average Bonchev–Trinajstić information content (AvgIpc) is 2.88. The molecule has 1 aliphatic rings. The smallest absolute Gasteiger partial charge is 0.272 e. The minimum atomic E-state index is -0.870. The number of non-ortho nitro benzene ring substituents is 1. The van der Waals surface area contributed by atoms with Gasteiger partial charge in [0.1, 0.15) is 5.82 Å². The molecule has 1 heterocycles.